The maximum atomic E-state index is 5.84. The van der Waals surface area contributed by atoms with Crippen LogP contribution < -0.4 is 10.1 Å². The molecular weight excluding hydrogens is 198 g/mol. The minimum Gasteiger partial charge on any atom is -0.489 e. The van der Waals surface area contributed by atoms with Gasteiger partial charge in [-0.05, 0) is 31.5 Å². The van der Waals surface area contributed by atoms with E-state index in [0.717, 1.165) is 25.3 Å². The SMILES string of the molecule is Cc1ccccc1O[C@@H]1CCNC1.Cl. The fraction of sp³-hybridized carbons (Fsp3) is 0.455. The van der Waals surface area contributed by atoms with Gasteiger partial charge < -0.3 is 10.1 Å². The minimum atomic E-state index is 0. The second-order valence-corrected chi connectivity index (χ2v) is 3.50. The molecule has 78 valence electrons. The van der Waals surface area contributed by atoms with Crippen molar-refractivity contribution in [3.8, 4) is 5.75 Å². The number of hydrogen-bond acceptors (Lipinski definition) is 2. The van der Waals surface area contributed by atoms with Crippen LogP contribution in [0.4, 0.5) is 0 Å². The molecule has 0 aromatic heterocycles. The van der Waals surface area contributed by atoms with Crippen molar-refractivity contribution in [1.29, 1.82) is 0 Å². The molecule has 0 aliphatic carbocycles. The second-order valence-electron chi connectivity index (χ2n) is 3.50. The van der Waals surface area contributed by atoms with Gasteiger partial charge in [-0.2, -0.15) is 0 Å². The van der Waals surface area contributed by atoms with Crippen LogP contribution in [0.15, 0.2) is 24.3 Å². The average Bonchev–Trinajstić information content (AvgIpc) is 2.61. The highest BCUT2D eigenvalue weighted by atomic mass is 35.5. The Morgan fingerprint density at radius 2 is 2.14 bits per heavy atom. The molecule has 1 fully saturated rings. The summed E-state index contributed by atoms with van der Waals surface area (Å²) in [4.78, 5) is 0. The van der Waals surface area contributed by atoms with Crippen LogP contribution in [0.5, 0.6) is 5.75 Å². The van der Waals surface area contributed by atoms with Crippen LogP contribution in [-0.2, 0) is 0 Å². The van der Waals surface area contributed by atoms with Crippen LogP contribution in [0.3, 0.4) is 0 Å². The molecule has 1 aromatic carbocycles. The third-order valence-corrected chi connectivity index (χ3v) is 2.40. The van der Waals surface area contributed by atoms with E-state index in [-0.39, 0.29) is 12.4 Å². The average molecular weight is 214 g/mol. The van der Waals surface area contributed by atoms with Crippen LogP contribution in [-0.4, -0.2) is 19.2 Å². The van der Waals surface area contributed by atoms with Gasteiger partial charge in [0.05, 0.1) is 0 Å². The van der Waals surface area contributed by atoms with Crippen LogP contribution in [0.25, 0.3) is 0 Å². The van der Waals surface area contributed by atoms with Gasteiger partial charge in [0.25, 0.3) is 0 Å². The molecule has 3 heteroatoms. The summed E-state index contributed by atoms with van der Waals surface area (Å²) in [5.41, 5.74) is 1.22. The van der Waals surface area contributed by atoms with E-state index in [4.69, 9.17) is 4.74 Å². The van der Waals surface area contributed by atoms with Crippen LogP contribution in [0.2, 0.25) is 0 Å². The van der Waals surface area contributed by atoms with E-state index in [1.807, 2.05) is 18.2 Å². The Hall–Kier alpha value is -0.730. The lowest BCUT2D eigenvalue weighted by Crippen LogP contribution is -2.19. The number of nitrogens with one attached hydrogen (secondary N) is 1. The molecule has 0 bridgehead atoms. The van der Waals surface area contributed by atoms with Crippen molar-refractivity contribution in [1.82, 2.24) is 5.32 Å². The topological polar surface area (TPSA) is 21.3 Å². The maximum absolute atomic E-state index is 5.84. The molecule has 1 aromatic rings. The maximum Gasteiger partial charge on any atom is 0.122 e. The Bertz CT molecular complexity index is 284. The van der Waals surface area contributed by atoms with Crippen molar-refractivity contribution in [2.24, 2.45) is 0 Å². The van der Waals surface area contributed by atoms with Gasteiger partial charge in [0.15, 0.2) is 0 Å². The third kappa shape index (κ3) is 2.63. The summed E-state index contributed by atoms with van der Waals surface area (Å²) in [5.74, 6) is 1.02. The molecule has 2 nitrogen and oxygen atoms in total. The standard InChI is InChI=1S/C11H15NO.ClH/c1-9-4-2-3-5-11(9)13-10-6-7-12-8-10;/h2-5,10,12H,6-8H2,1H3;1H/t10-;/m1./s1. The molecule has 0 saturated carbocycles. The predicted molar refractivity (Wildman–Crippen MR) is 60.3 cm³/mol. The number of rotatable bonds is 2. The first kappa shape index (κ1) is 11.3. The normalized spacial score (nSPS) is 20.2. The zero-order valence-electron chi connectivity index (χ0n) is 8.32. The molecule has 0 unspecified atom stereocenters. The van der Waals surface area contributed by atoms with E-state index in [1.54, 1.807) is 0 Å². The van der Waals surface area contributed by atoms with Crippen molar-refractivity contribution >= 4 is 12.4 Å². The first-order valence-electron chi connectivity index (χ1n) is 4.79. The summed E-state index contributed by atoms with van der Waals surface area (Å²) < 4.78 is 5.84. The zero-order valence-corrected chi connectivity index (χ0v) is 9.14. The quantitative estimate of drug-likeness (QED) is 0.813. The Labute approximate surface area is 91.1 Å². The summed E-state index contributed by atoms with van der Waals surface area (Å²) in [6.45, 7) is 4.14. The number of aryl methyl sites for hydroxylation is 1. The van der Waals surface area contributed by atoms with Gasteiger partial charge >= 0.3 is 0 Å². The molecule has 0 radical (unpaired) electrons. The van der Waals surface area contributed by atoms with Crippen LogP contribution >= 0.6 is 12.4 Å². The fourth-order valence-corrected chi connectivity index (χ4v) is 1.60. The van der Waals surface area contributed by atoms with Gasteiger partial charge in [-0.3, -0.25) is 0 Å². The van der Waals surface area contributed by atoms with Crippen molar-refractivity contribution in [3.05, 3.63) is 29.8 Å². The van der Waals surface area contributed by atoms with Gasteiger partial charge in [0.2, 0.25) is 0 Å². The highest BCUT2D eigenvalue weighted by Gasteiger charge is 2.16. The highest BCUT2D eigenvalue weighted by molar-refractivity contribution is 5.85. The molecule has 1 heterocycles. The first-order chi connectivity index (χ1) is 6.36. The Morgan fingerprint density at radius 1 is 1.36 bits per heavy atom. The summed E-state index contributed by atoms with van der Waals surface area (Å²) in [7, 11) is 0. The van der Waals surface area contributed by atoms with Crippen molar-refractivity contribution in [2.45, 2.75) is 19.4 Å². The van der Waals surface area contributed by atoms with Gasteiger partial charge in [-0.15, -0.1) is 12.4 Å². The van der Waals surface area contributed by atoms with E-state index in [2.05, 4.69) is 18.3 Å². The second kappa shape index (κ2) is 5.23. The Balaban J connectivity index is 0.000000980. The number of para-hydroxylation sites is 1. The zero-order chi connectivity index (χ0) is 9.10. The fourth-order valence-electron chi connectivity index (χ4n) is 1.60. The molecule has 0 spiro atoms. The lowest BCUT2D eigenvalue weighted by atomic mass is 10.2. The highest BCUT2D eigenvalue weighted by Crippen LogP contribution is 2.19. The molecule has 0 amide bonds. The van der Waals surface area contributed by atoms with Gasteiger partial charge in [-0.25, -0.2) is 0 Å². The molecule has 1 aliphatic rings. The summed E-state index contributed by atoms with van der Waals surface area (Å²) in [6, 6.07) is 8.17. The lowest BCUT2D eigenvalue weighted by molar-refractivity contribution is 0.221. The number of ether oxygens (including phenoxy) is 1. The smallest absolute Gasteiger partial charge is 0.122 e. The third-order valence-electron chi connectivity index (χ3n) is 2.40. The van der Waals surface area contributed by atoms with E-state index < -0.39 is 0 Å². The van der Waals surface area contributed by atoms with Crippen LogP contribution in [0.1, 0.15) is 12.0 Å². The van der Waals surface area contributed by atoms with E-state index >= 15 is 0 Å². The largest absolute Gasteiger partial charge is 0.489 e. The minimum absolute atomic E-state index is 0. The molecule has 2 rings (SSSR count). The van der Waals surface area contributed by atoms with Gasteiger partial charge in [-0.1, -0.05) is 18.2 Å². The van der Waals surface area contributed by atoms with Gasteiger partial charge in [0, 0.05) is 6.54 Å². The first-order valence-corrected chi connectivity index (χ1v) is 4.79. The molecule has 1 saturated heterocycles. The molecule has 1 aliphatic heterocycles. The monoisotopic (exact) mass is 213 g/mol. The van der Waals surface area contributed by atoms with E-state index in [1.165, 1.54) is 5.56 Å². The molecule has 1 atom stereocenters. The number of benzene rings is 1. The Kier molecular flexibility index (Phi) is 4.23. The predicted octanol–water partition coefficient (Wildman–Crippen LogP) is 2.16. The van der Waals surface area contributed by atoms with Crippen LogP contribution in [0, 0.1) is 6.92 Å². The summed E-state index contributed by atoms with van der Waals surface area (Å²) in [6.07, 6.45) is 1.48. The van der Waals surface area contributed by atoms with Crippen molar-refractivity contribution in [2.75, 3.05) is 13.1 Å². The molecular formula is C11H16ClNO. The number of hydrogen-bond donors (Lipinski definition) is 1. The van der Waals surface area contributed by atoms with Crippen molar-refractivity contribution < 1.29 is 4.74 Å². The lowest BCUT2D eigenvalue weighted by Gasteiger charge is -2.13. The molecule has 1 N–H and O–H groups in total. The van der Waals surface area contributed by atoms with E-state index in [9.17, 15) is 0 Å². The summed E-state index contributed by atoms with van der Waals surface area (Å²) in [5, 5.41) is 3.29. The number of halogens is 1. The van der Waals surface area contributed by atoms with Gasteiger partial charge in [0.1, 0.15) is 11.9 Å². The van der Waals surface area contributed by atoms with E-state index in [0.29, 0.717) is 6.10 Å². The molecule has 14 heavy (non-hydrogen) atoms. The van der Waals surface area contributed by atoms with Crippen molar-refractivity contribution in [3.63, 3.8) is 0 Å². The Morgan fingerprint density at radius 3 is 2.79 bits per heavy atom. The summed E-state index contributed by atoms with van der Waals surface area (Å²) >= 11 is 0.